The zero-order valence-electron chi connectivity index (χ0n) is 22.7. The van der Waals surface area contributed by atoms with Gasteiger partial charge in [0.1, 0.15) is 18.3 Å². The van der Waals surface area contributed by atoms with Crippen molar-refractivity contribution >= 4 is 39.1 Å². The van der Waals surface area contributed by atoms with Gasteiger partial charge in [-0.05, 0) is 81.8 Å². The normalized spacial score (nSPS) is 12.4. The number of amides is 2. The van der Waals surface area contributed by atoms with Crippen LogP contribution in [0.4, 0.5) is 5.69 Å². The van der Waals surface area contributed by atoms with Gasteiger partial charge in [-0.15, -0.1) is 0 Å². The molecule has 0 spiro atoms. The molecule has 0 bridgehead atoms. The summed E-state index contributed by atoms with van der Waals surface area (Å²) in [4.78, 5) is 28.4. The van der Waals surface area contributed by atoms with Crippen LogP contribution in [0.5, 0.6) is 5.75 Å². The molecule has 3 aromatic rings. The molecule has 0 saturated heterocycles. The summed E-state index contributed by atoms with van der Waals surface area (Å²) in [7, 11) is -2.62. The first kappa shape index (κ1) is 30.0. The topological polar surface area (TPSA) is 96.0 Å². The summed E-state index contributed by atoms with van der Waals surface area (Å²) in [5.41, 5.74) is 0.503. The molecule has 3 rings (SSSR count). The molecule has 0 aliphatic rings. The third-order valence-electron chi connectivity index (χ3n) is 5.90. The van der Waals surface area contributed by atoms with Crippen LogP contribution < -0.4 is 14.4 Å². The number of nitrogens with one attached hydrogen (secondary N) is 1. The molecule has 1 unspecified atom stereocenters. The monoisotopic (exact) mass is 571 g/mol. The highest BCUT2D eigenvalue weighted by atomic mass is 35.5. The number of benzene rings is 3. The molecule has 0 fully saturated rings. The Kier molecular flexibility index (Phi) is 9.63. The first-order chi connectivity index (χ1) is 18.3. The van der Waals surface area contributed by atoms with Crippen LogP contribution in [0.15, 0.2) is 83.8 Å². The van der Waals surface area contributed by atoms with E-state index in [-0.39, 0.29) is 23.0 Å². The van der Waals surface area contributed by atoms with Crippen molar-refractivity contribution in [3.8, 4) is 5.75 Å². The van der Waals surface area contributed by atoms with E-state index in [1.807, 2.05) is 20.8 Å². The number of carbonyl (C=O) groups excluding carboxylic acids is 2. The Morgan fingerprint density at radius 1 is 0.949 bits per heavy atom. The van der Waals surface area contributed by atoms with Crippen LogP contribution in [0.1, 0.15) is 33.3 Å². The van der Waals surface area contributed by atoms with Gasteiger partial charge in [-0.2, -0.15) is 0 Å². The molecule has 0 aliphatic carbocycles. The van der Waals surface area contributed by atoms with E-state index < -0.39 is 34.1 Å². The number of carbonyl (C=O) groups is 2. The number of halogens is 1. The lowest BCUT2D eigenvalue weighted by Crippen LogP contribution is -2.54. The number of rotatable bonds is 10. The number of hydrogen-bond donors (Lipinski definition) is 1. The third kappa shape index (κ3) is 7.97. The smallest absolute Gasteiger partial charge is 0.264 e. The van der Waals surface area contributed by atoms with Crippen molar-refractivity contribution < 1.29 is 22.7 Å². The second-order valence-corrected chi connectivity index (χ2v) is 12.4. The molecular formula is C29H34ClN3O5S. The Bertz CT molecular complexity index is 1370. The average Bonchev–Trinajstić information content (AvgIpc) is 2.90. The van der Waals surface area contributed by atoms with E-state index in [9.17, 15) is 18.0 Å². The van der Waals surface area contributed by atoms with Gasteiger partial charge in [-0.3, -0.25) is 13.9 Å². The Morgan fingerprint density at radius 2 is 1.54 bits per heavy atom. The molecule has 10 heteroatoms. The zero-order chi connectivity index (χ0) is 28.8. The van der Waals surface area contributed by atoms with Gasteiger partial charge < -0.3 is 15.0 Å². The number of sulfonamides is 1. The lowest BCUT2D eigenvalue weighted by atomic mass is 10.1. The first-order valence-electron chi connectivity index (χ1n) is 12.4. The number of hydrogen-bond acceptors (Lipinski definition) is 5. The first-order valence-corrected chi connectivity index (χ1v) is 14.2. The largest absolute Gasteiger partial charge is 0.497 e. The predicted octanol–water partition coefficient (Wildman–Crippen LogP) is 4.88. The Hall–Kier alpha value is -3.56. The van der Waals surface area contributed by atoms with Crippen molar-refractivity contribution in [3.05, 3.63) is 89.4 Å². The minimum atomic E-state index is -4.13. The van der Waals surface area contributed by atoms with Gasteiger partial charge in [-0.25, -0.2) is 8.42 Å². The maximum absolute atomic E-state index is 13.9. The fraction of sp³-hybridized carbons (Fsp3) is 0.310. The summed E-state index contributed by atoms with van der Waals surface area (Å²) in [6.45, 7) is 6.72. The van der Waals surface area contributed by atoms with E-state index in [0.717, 1.165) is 9.87 Å². The maximum Gasteiger partial charge on any atom is 0.264 e. The molecule has 0 heterocycles. The highest BCUT2D eigenvalue weighted by Crippen LogP contribution is 2.26. The Balaban J connectivity index is 2.02. The van der Waals surface area contributed by atoms with Crippen LogP contribution in [0.2, 0.25) is 5.02 Å². The van der Waals surface area contributed by atoms with Crippen LogP contribution in [0.25, 0.3) is 0 Å². The van der Waals surface area contributed by atoms with Crippen LogP contribution in [0.3, 0.4) is 0 Å². The Morgan fingerprint density at radius 3 is 2.08 bits per heavy atom. The van der Waals surface area contributed by atoms with E-state index in [0.29, 0.717) is 10.8 Å². The summed E-state index contributed by atoms with van der Waals surface area (Å²) < 4.78 is 33.8. The van der Waals surface area contributed by atoms with E-state index in [1.54, 1.807) is 73.7 Å². The summed E-state index contributed by atoms with van der Waals surface area (Å²) in [6, 6.07) is 20.3. The van der Waals surface area contributed by atoms with E-state index in [2.05, 4.69) is 5.32 Å². The number of nitrogens with zero attached hydrogens (tertiary/aromatic N) is 2. The van der Waals surface area contributed by atoms with Gasteiger partial charge in [0.15, 0.2) is 0 Å². The van der Waals surface area contributed by atoms with Gasteiger partial charge in [0, 0.05) is 17.1 Å². The van der Waals surface area contributed by atoms with Crippen molar-refractivity contribution in [2.24, 2.45) is 0 Å². The summed E-state index contributed by atoms with van der Waals surface area (Å²) in [5, 5.41) is 3.44. The summed E-state index contributed by atoms with van der Waals surface area (Å²) in [5.74, 6) is -0.359. The zero-order valence-corrected chi connectivity index (χ0v) is 24.3. The lowest BCUT2D eigenvalue weighted by molar-refractivity contribution is -0.140. The second-order valence-electron chi connectivity index (χ2n) is 10.1. The fourth-order valence-corrected chi connectivity index (χ4v) is 5.40. The summed E-state index contributed by atoms with van der Waals surface area (Å²) in [6.07, 6.45) is 0. The lowest BCUT2D eigenvalue weighted by Gasteiger charge is -2.33. The highest BCUT2D eigenvalue weighted by Gasteiger charge is 2.33. The number of methoxy groups -OCH3 is 1. The van der Waals surface area contributed by atoms with Crippen LogP contribution in [0, 0.1) is 0 Å². The molecule has 2 amide bonds. The van der Waals surface area contributed by atoms with Crippen molar-refractivity contribution in [1.82, 2.24) is 10.2 Å². The standard InChI is InChI=1S/C29H34ClN3O5S/c1-21(28(35)31-29(2,3)4)32(19-22-11-13-23(30)14-12-22)27(34)20-33(24-15-17-25(38-5)18-16-24)39(36,37)26-9-7-6-8-10-26/h6-18,21H,19-20H2,1-5H3,(H,31,35). The van der Waals surface area contributed by atoms with Crippen molar-refractivity contribution in [2.75, 3.05) is 18.0 Å². The van der Waals surface area contributed by atoms with Crippen LogP contribution in [-0.2, 0) is 26.2 Å². The number of ether oxygens (including phenoxy) is 1. The maximum atomic E-state index is 13.9. The van der Waals surface area contributed by atoms with Crippen molar-refractivity contribution in [1.29, 1.82) is 0 Å². The molecule has 0 aromatic heterocycles. The van der Waals surface area contributed by atoms with E-state index in [4.69, 9.17) is 16.3 Å². The van der Waals surface area contributed by atoms with Crippen molar-refractivity contribution in [3.63, 3.8) is 0 Å². The van der Waals surface area contributed by atoms with Crippen LogP contribution >= 0.6 is 11.6 Å². The molecule has 208 valence electrons. The van der Waals surface area contributed by atoms with E-state index >= 15 is 0 Å². The minimum Gasteiger partial charge on any atom is -0.497 e. The van der Waals surface area contributed by atoms with Gasteiger partial charge >= 0.3 is 0 Å². The van der Waals surface area contributed by atoms with Crippen LogP contribution in [-0.4, -0.2) is 50.4 Å². The molecular weight excluding hydrogens is 538 g/mol. The second kappa shape index (κ2) is 12.5. The predicted molar refractivity (Wildman–Crippen MR) is 153 cm³/mol. The quantitative estimate of drug-likeness (QED) is 0.374. The molecule has 0 radical (unpaired) electrons. The fourth-order valence-electron chi connectivity index (χ4n) is 3.84. The molecule has 39 heavy (non-hydrogen) atoms. The third-order valence-corrected chi connectivity index (χ3v) is 7.94. The molecule has 0 saturated carbocycles. The number of anilines is 1. The summed E-state index contributed by atoms with van der Waals surface area (Å²) >= 11 is 6.04. The molecule has 0 aliphatic heterocycles. The Labute approximate surface area is 235 Å². The molecule has 1 N–H and O–H groups in total. The van der Waals surface area contributed by atoms with Gasteiger partial charge in [0.05, 0.1) is 17.7 Å². The van der Waals surface area contributed by atoms with Gasteiger partial charge in [-0.1, -0.05) is 41.9 Å². The molecule has 8 nitrogen and oxygen atoms in total. The van der Waals surface area contributed by atoms with Gasteiger partial charge in [0.25, 0.3) is 10.0 Å². The minimum absolute atomic E-state index is 0.0383. The average molecular weight is 572 g/mol. The van der Waals surface area contributed by atoms with Gasteiger partial charge in [0.2, 0.25) is 11.8 Å². The SMILES string of the molecule is COc1ccc(N(CC(=O)N(Cc2ccc(Cl)cc2)C(C)C(=O)NC(C)(C)C)S(=O)(=O)c2ccccc2)cc1. The van der Waals surface area contributed by atoms with Crippen molar-refractivity contribution in [2.45, 2.75) is 50.7 Å². The molecule has 1 atom stereocenters. The van der Waals surface area contributed by atoms with E-state index in [1.165, 1.54) is 24.1 Å². The molecule has 3 aromatic carbocycles. The highest BCUT2D eigenvalue weighted by molar-refractivity contribution is 7.92.